The molecule has 0 unspecified atom stereocenters. The molecule has 1 aromatic heterocycles. The number of carbonyl (C=O) groups is 1. The maximum atomic E-state index is 13.4. The molecule has 2 heterocycles. The molecule has 1 aliphatic rings. The van der Waals surface area contributed by atoms with Crippen LogP contribution in [0.2, 0.25) is 0 Å². The molecule has 2 N–H and O–H groups in total. The maximum Gasteiger partial charge on any atom is 0.274 e. The third-order valence-corrected chi connectivity index (χ3v) is 4.00. The Hall–Kier alpha value is -2.21. The second-order valence-corrected chi connectivity index (χ2v) is 5.55. The van der Waals surface area contributed by atoms with Gasteiger partial charge in [-0.05, 0) is 36.6 Å². The van der Waals surface area contributed by atoms with Crippen LogP contribution >= 0.6 is 0 Å². The lowest BCUT2D eigenvalue weighted by atomic mass is 10.0. The summed E-state index contributed by atoms with van der Waals surface area (Å²) in [5.74, 6) is -0.596. The Kier molecular flexibility index (Phi) is 3.94. The summed E-state index contributed by atoms with van der Waals surface area (Å²) in [5.41, 5.74) is 1.90. The molecular weight excluding hydrogens is 285 g/mol. The van der Waals surface area contributed by atoms with Crippen molar-refractivity contribution in [3.63, 3.8) is 0 Å². The molecular formula is C16H18FN3O2. The van der Waals surface area contributed by atoms with Crippen LogP contribution in [0.3, 0.4) is 0 Å². The molecule has 1 aromatic carbocycles. The van der Waals surface area contributed by atoms with E-state index in [9.17, 15) is 14.3 Å². The molecule has 0 aliphatic carbocycles. The van der Waals surface area contributed by atoms with Crippen molar-refractivity contribution >= 4 is 5.91 Å². The Balaban J connectivity index is 1.88. The lowest BCUT2D eigenvalue weighted by molar-refractivity contribution is 0.0709. The smallest absolute Gasteiger partial charge is 0.274 e. The number of aromatic nitrogens is 2. The van der Waals surface area contributed by atoms with Gasteiger partial charge in [0.15, 0.2) is 0 Å². The Bertz CT molecular complexity index is 686. The molecule has 0 spiro atoms. The van der Waals surface area contributed by atoms with Gasteiger partial charge in [0.1, 0.15) is 11.5 Å². The van der Waals surface area contributed by atoms with Crippen molar-refractivity contribution in [2.75, 3.05) is 6.54 Å². The van der Waals surface area contributed by atoms with Gasteiger partial charge in [-0.2, -0.15) is 5.10 Å². The van der Waals surface area contributed by atoms with Crippen LogP contribution in [0, 0.1) is 5.82 Å². The van der Waals surface area contributed by atoms with E-state index in [-0.39, 0.29) is 24.3 Å². The number of carbonyl (C=O) groups excluding carboxylic acids is 1. The molecule has 2 atom stereocenters. The first-order valence-corrected chi connectivity index (χ1v) is 7.37. The average Bonchev–Trinajstić information content (AvgIpc) is 3.13. The molecule has 22 heavy (non-hydrogen) atoms. The number of aliphatic hydroxyl groups excluding tert-OH is 1. The van der Waals surface area contributed by atoms with Gasteiger partial charge in [0.2, 0.25) is 0 Å². The highest BCUT2D eigenvalue weighted by Crippen LogP contribution is 2.33. The number of aryl methyl sites for hydroxylation is 1. The number of H-pyrrole nitrogens is 1. The highest BCUT2D eigenvalue weighted by atomic mass is 19.1. The fraction of sp³-hybridized carbons (Fsp3) is 0.375. The minimum absolute atomic E-state index is 0.230. The Morgan fingerprint density at radius 1 is 1.50 bits per heavy atom. The minimum atomic E-state index is -0.609. The summed E-state index contributed by atoms with van der Waals surface area (Å²) < 4.78 is 13.4. The Morgan fingerprint density at radius 3 is 3.00 bits per heavy atom. The van der Waals surface area contributed by atoms with Crippen LogP contribution in [0.1, 0.15) is 41.1 Å². The number of amides is 1. The Morgan fingerprint density at radius 2 is 2.32 bits per heavy atom. The summed E-state index contributed by atoms with van der Waals surface area (Å²) in [7, 11) is 0. The first kappa shape index (κ1) is 14.7. The normalized spacial score (nSPS) is 21.3. The summed E-state index contributed by atoms with van der Waals surface area (Å²) in [5, 5.41) is 16.8. The van der Waals surface area contributed by atoms with Crippen LogP contribution in [0.5, 0.6) is 0 Å². The van der Waals surface area contributed by atoms with Crippen LogP contribution in [0.15, 0.2) is 30.3 Å². The van der Waals surface area contributed by atoms with E-state index in [1.54, 1.807) is 23.1 Å². The second-order valence-electron chi connectivity index (χ2n) is 5.55. The molecule has 0 radical (unpaired) electrons. The first-order valence-electron chi connectivity index (χ1n) is 7.37. The van der Waals surface area contributed by atoms with Crippen LogP contribution in [0.4, 0.5) is 4.39 Å². The van der Waals surface area contributed by atoms with Crippen LogP contribution in [0.25, 0.3) is 0 Å². The zero-order chi connectivity index (χ0) is 15.7. The molecule has 116 valence electrons. The zero-order valence-corrected chi connectivity index (χ0v) is 12.3. The molecule has 0 bridgehead atoms. The number of benzene rings is 1. The van der Waals surface area contributed by atoms with Crippen molar-refractivity contribution in [2.45, 2.75) is 31.9 Å². The molecule has 1 amide bonds. The molecule has 1 fully saturated rings. The van der Waals surface area contributed by atoms with Gasteiger partial charge >= 0.3 is 0 Å². The number of hydrogen-bond acceptors (Lipinski definition) is 3. The summed E-state index contributed by atoms with van der Waals surface area (Å²) in [6.45, 7) is 2.20. The molecule has 6 heteroatoms. The van der Waals surface area contributed by atoms with Crippen molar-refractivity contribution in [2.24, 2.45) is 0 Å². The number of nitrogens with zero attached hydrogens (tertiary/aromatic N) is 2. The minimum Gasteiger partial charge on any atom is -0.391 e. The van der Waals surface area contributed by atoms with E-state index in [4.69, 9.17) is 0 Å². The fourth-order valence-corrected chi connectivity index (χ4v) is 2.87. The predicted octanol–water partition coefficient (Wildman–Crippen LogP) is 2.06. The second kappa shape index (κ2) is 5.88. The number of aliphatic hydroxyl groups is 1. The fourth-order valence-electron chi connectivity index (χ4n) is 2.87. The number of hydrogen-bond donors (Lipinski definition) is 2. The average molecular weight is 303 g/mol. The standard InChI is InChI=1S/C16H18FN3O2/c1-2-12-7-14(19-18-12)16(22)20-9-13(21)8-15(20)10-4-3-5-11(17)6-10/h3-7,13,15,21H,2,8-9H2,1H3,(H,18,19)/t13-,15+/m1/s1. The van der Waals surface area contributed by atoms with Gasteiger partial charge < -0.3 is 10.0 Å². The van der Waals surface area contributed by atoms with Crippen LogP contribution in [-0.4, -0.2) is 38.8 Å². The Labute approximate surface area is 127 Å². The molecule has 1 aliphatic heterocycles. The lowest BCUT2D eigenvalue weighted by Crippen LogP contribution is -2.32. The quantitative estimate of drug-likeness (QED) is 0.912. The molecule has 1 saturated heterocycles. The van der Waals surface area contributed by atoms with Crippen molar-refractivity contribution in [1.82, 2.24) is 15.1 Å². The van der Waals surface area contributed by atoms with Gasteiger partial charge in [0.25, 0.3) is 5.91 Å². The SMILES string of the molecule is CCc1cc(C(=O)N2C[C@H](O)C[C@H]2c2cccc(F)c2)n[nH]1. The van der Waals surface area contributed by atoms with E-state index < -0.39 is 6.10 Å². The van der Waals surface area contributed by atoms with Crippen molar-refractivity contribution < 1.29 is 14.3 Å². The van der Waals surface area contributed by atoms with Gasteiger partial charge in [-0.25, -0.2) is 4.39 Å². The molecule has 0 saturated carbocycles. The maximum absolute atomic E-state index is 13.4. The number of nitrogens with one attached hydrogen (secondary N) is 1. The van der Waals surface area contributed by atoms with Gasteiger partial charge in [-0.3, -0.25) is 9.89 Å². The third-order valence-electron chi connectivity index (χ3n) is 4.00. The summed E-state index contributed by atoms with van der Waals surface area (Å²) in [4.78, 5) is 14.2. The lowest BCUT2D eigenvalue weighted by Gasteiger charge is -2.24. The highest BCUT2D eigenvalue weighted by molar-refractivity contribution is 5.93. The number of halogens is 1. The van der Waals surface area contributed by atoms with Crippen LogP contribution < -0.4 is 0 Å². The third kappa shape index (κ3) is 2.74. The molecule has 5 nitrogen and oxygen atoms in total. The summed E-state index contributed by atoms with van der Waals surface area (Å²) in [6, 6.07) is 7.54. The van der Waals surface area contributed by atoms with Crippen molar-refractivity contribution in [1.29, 1.82) is 0 Å². The van der Waals surface area contributed by atoms with E-state index in [0.29, 0.717) is 17.7 Å². The van der Waals surface area contributed by atoms with Gasteiger partial charge in [-0.1, -0.05) is 19.1 Å². The number of aromatic amines is 1. The zero-order valence-electron chi connectivity index (χ0n) is 12.3. The van der Waals surface area contributed by atoms with Crippen molar-refractivity contribution in [3.8, 4) is 0 Å². The van der Waals surface area contributed by atoms with Crippen LogP contribution in [-0.2, 0) is 6.42 Å². The van der Waals surface area contributed by atoms with E-state index in [0.717, 1.165) is 12.1 Å². The highest BCUT2D eigenvalue weighted by Gasteiger charge is 2.36. The van der Waals surface area contributed by atoms with Crippen molar-refractivity contribution in [3.05, 3.63) is 53.1 Å². The van der Waals surface area contributed by atoms with E-state index in [1.165, 1.54) is 12.1 Å². The number of β-amino-alcohol motifs (C(OH)–C–C–N with tert-alkyl or cyclic N) is 1. The molecule has 3 rings (SSSR count). The predicted molar refractivity (Wildman–Crippen MR) is 78.8 cm³/mol. The number of rotatable bonds is 3. The number of likely N-dealkylation sites (tertiary alicyclic amines) is 1. The molecule has 2 aromatic rings. The summed E-state index contributed by atoms with van der Waals surface area (Å²) in [6.07, 6.45) is 0.554. The first-order chi connectivity index (χ1) is 10.6. The van der Waals surface area contributed by atoms with E-state index in [1.807, 2.05) is 6.92 Å². The topological polar surface area (TPSA) is 69.2 Å². The van der Waals surface area contributed by atoms with E-state index >= 15 is 0 Å². The van der Waals surface area contributed by atoms with Gasteiger partial charge in [0, 0.05) is 12.2 Å². The van der Waals surface area contributed by atoms with Gasteiger partial charge in [-0.15, -0.1) is 0 Å². The van der Waals surface area contributed by atoms with Gasteiger partial charge in [0.05, 0.1) is 12.1 Å². The monoisotopic (exact) mass is 303 g/mol. The largest absolute Gasteiger partial charge is 0.391 e. The van der Waals surface area contributed by atoms with E-state index in [2.05, 4.69) is 10.2 Å². The summed E-state index contributed by atoms with van der Waals surface area (Å²) >= 11 is 0.